The molecule has 2 aromatic rings. The van der Waals surface area contributed by atoms with Crippen molar-refractivity contribution in [2.45, 2.75) is 6.61 Å². The molecule has 98 valence electrons. The molecule has 0 aliphatic carbocycles. The van der Waals surface area contributed by atoms with Crippen molar-refractivity contribution in [1.82, 2.24) is 4.98 Å². The molecule has 2 rings (SSSR count). The fraction of sp³-hybridized carbons (Fsp3) is 0.143. The van der Waals surface area contributed by atoms with Crippen molar-refractivity contribution < 1.29 is 14.3 Å². The number of aromatic nitrogens is 1. The van der Waals surface area contributed by atoms with Gasteiger partial charge < -0.3 is 15.2 Å². The molecule has 5 nitrogen and oxygen atoms in total. The summed E-state index contributed by atoms with van der Waals surface area (Å²) in [5.41, 5.74) is 6.53. The van der Waals surface area contributed by atoms with E-state index in [1.54, 1.807) is 30.6 Å². The summed E-state index contributed by atoms with van der Waals surface area (Å²) in [5.74, 6) is 0.470. The maximum Gasteiger partial charge on any atom is 0.252 e. The zero-order valence-corrected chi connectivity index (χ0v) is 10.5. The van der Waals surface area contributed by atoms with Crippen molar-refractivity contribution in [3.05, 3.63) is 53.9 Å². The van der Waals surface area contributed by atoms with Crippen molar-refractivity contribution >= 4 is 5.91 Å². The number of hydrogen-bond acceptors (Lipinski definition) is 4. The Morgan fingerprint density at radius 2 is 2.21 bits per heavy atom. The summed E-state index contributed by atoms with van der Waals surface area (Å²) in [6, 6.07) is 8.66. The van der Waals surface area contributed by atoms with Crippen LogP contribution in [0.25, 0.3) is 0 Å². The normalized spacial score (nSPS) is 9.95. The monoisotopic (exact) mass is 258 g/mol. The average Bonchev–Trinajstić information content (AvgIpc) is 2.45. The van der Waals surface area contributed by atoms with E-state index >= 15 is 0 Å². The quantitative estimate of drug-likeness (QED) is 0.886. The molecule has 19 heavy (non-hydrogen) atoms. The Bertz CT molecular complexity index is 570. The van der Waals surface area contributed by atoms with E-state index in [9.17, 15) is 4.79 Å². The Kier molecular flexibility index (Phi) is 3.97. The number of carbonyl (C=O) groups is 1. The van der Waals surface area contributed by atoms with Gasteiger partial charge in [0, 0.05) is 24.0 Å². The summed E-state index contributed by atoms with van der Waals surface area (Å²) in [7, 11) is 1.48. The second-order valence-electron chi connectivity index (χ2n) is 3.88. The van der Waals surface area contributed by atoms with Crippen LogP contribution in [-0.2, 0) is 6.61 Å². The van der Waals surface area contributed by atoms with E-state index in [1.165, 1.54) is 7.11 Å². The molecule has 0 unspecified atom stereocenters. The highest BCUT2D eigenvalue weighted by atomic mass is 16.5. The Balaban J connectivity index is 2.11. The van der Waals surface area contributed by atoms with Crippen molar-refractivity contribution in [2.24, 2.45) is 5.73 Å². The van der Waals surface area contributed by atoms with Gasteiger partial charge in [-0.2, -0.15) is 0 Å². The van der Waals surface area contributed by atoms with Gasteiger partial charge in [-0.1, -0.05) is 6.07 Å². The first-order valence-electron chi connectivity index (χ1n) is 5.70. The first kappa shape index (κ1) is 12.9. The summed E-state index contributed by atoms with van der Waals surface area (Å²) in [6.07, 6.45) is 3.43. The average molecular weight is 258 g/mol. The van der Waals surface area contributed by atoms with Gasteiger partial charge in [-0.05, 0) is 18.2 Å². The molecule has 0 spiro atoms. The highest BCUT2D eigenvalue weighted by Gasteiger charge is 2.10. The second-order valence-corrected chi connectivity index (χ2v) is 3.88. The lowest BCUT2D eigenvalue weighted by molar-refractivity contribution is 0.0997. The number of nitrogens with two attached hydrogens (primary N) is 1. The van der Waals surface area contributed by atoms with E-state index in [1.807, 2.05) is 12.1 Å². The number of methoxy groups -OCH3 is 1. The third-order valence-electron chi connectivity index (χ3n) is 2.57. The summed E-state index contributed by atoms with van der Waals surface area (Å²) in [5, 5.41) is 0. The number of ether oxygens (including phenoxy) is 2. The number of pyridine rings is 1. The molecule has 0 bridgehead atoms. The molecule has 1 heterocycles. The van der Waals surface area contributed by atoms with Crippen molar-refractivity contribution in [1.29, 1.82) is 0 Å². The van der Waals surface area contributed by atoms with Crippen LogP contribution in [0.4, 0.5) is 0 Å². The van der Waals surface area contributed by atoms with E-state index in [0.717, 1.165) is 5.56 Å². The van der Waals surface area contributed by atoms with Gasteiger partial charge in [0.25, 0.3) is 5.91 Å². The fourth-order valence-corrected chi connectivity index (χ4v) is 1.62. The number of amides is 1. The van der Waals surface area contributed by atoms with Gasteiger partial charge in [-0.25, -0.2) is 0 Å². The second kappa shape index (κ2) is 5.86. The molecule has 1 amide bonds. The van der Waals surface area contributed by atoms with Gasteiger partial charge in [-0.15, -0.1) is 0 Å². The lowest BCUT2D eigenvalue weighted by Gasteiger charge is -2.10. The van der Waals surface area contributed by atoms with Gasteiger partial charge in [0.2, 0.25) is 0 Å². The number of nitrogens with zero attached hydrogens (tertiary/aromatic N) is 1. The molecule has 0 aliphatic rings. The molecule has 2 N–H and O–H groups in total. The maximum atomic E-state index is 11.2. The first-order valence-corrected chi connectivity index (χ1v) is 5.70. The Morgan fingerprint density at radius 3 is 2.84 bits per heavy atom. The summed E-state index contributed by atoms with van der Waals surface area (Å²) < 4.78 is 10.7. The number of rotatable bonds is 5. The lowest BCUT2D eigenvalue weighted by atomic mass is 10.2. The van der Waals surface area contributed by atoms with Gasteiger partial charge >= 0.3 is 0 Å². The Hall–Kier alpha value is -2.56. The third-order valence-corrected chi connectivity index (χ3v) is 2.57. The molecular formula is C14H14N2O3. The van der Waals surface area contributed by atoms with Crippen LogP contribution in [-0.4, -0.2) is 18.0 Å². The van der Waals surface area contributed by atoms with Gasteiger partial charge in [0.1, 0.15) is 18.1 Å². The molecule has 1 aromatic carbocycles. The van der Waals surface area contributed by atoms with E-state index in [4.69, 9.17) is 15.2 Å². The highest BCUT2D eigenvalue weighted by molar-refractivity contribution is 5.95. The molecule has 0 aliphatic heterocycles. The van der Waals surface area contributed by atoms with E-state index in [0.29, 0.717) is 23.7 Å². The predicted molar refractivity (Wildman–Crippen MR) is 70.1 cm³/mol. The maximum absolute atomic E-state index is 11.2. The first-order chi connectivity index (χ1) is 9.20. The van der Waals surface area contributed by atoms with E-state index < -0.39 is 5.91 Å². The zero-order chi connectivity index (χ0) is 13.7. The highest BCUT2D eigenvalue weighted by Crippen LogP contribution is 2.24. The van der Waals surface area contributed by atoms with Gasteiger partial charge in [0.15, 0.2) is 0 Å². The fourth-order valence-electron chi connectivity index (χ4n) is 1.62. The van der Waals surface area contributed by atoms with Crippen LogP contribution in [0.5, 0.6) is 11.5 Å². The number of carbonyl (C=O) groups excluding carboxylic acids is 1. The topological polar surface area (TPSA) is 74.4 Å². The Morgan fingerprint density at radius 1 is 1.37 bits per heavy atom. The molecule has 0 fully saturated rings. The van der Waals surface area contributed by atoms with Crippen LogP contribution in [0.15, 0.2) is 42.7 Å². The standard InChI is InChI=1S/C14H14N2O3/c1-18-13-7-11(4-5-12(13)14(15)17)19-9-10-3-2-6-16-8-10/h2-8H,9H2,1H3,(H2,15,17). The largest absolute Gasteiger partial charge is 0.496 e. The molecule has 5 heteroatoms. The van der Waals surface area contributed by atoms with Crippen LogP contribution in [0.3, 0.4) is 0 Å². The van der Waals surface area contributed by atoms with Crippen molar-refractivity contribution in [2.75, 3.05) is 7.11 Å². The minimum atomic E-state index is -0.532. The summed E-state index contributed by atoms with van der Waals surface area (Å²) >= 11 is 0. The van der Waals surface area contributed by atoms with Crippen LogP contribution < -0.4 is 15.2 Å². The summed E-state index contributed by atoms with van der Waals surface area (Å²) in [6.45, 7) is 0.396. The van der Waals surface area contributed by atoms with E-state index in [-0.39, 0.29) is 0 Å². The molecule has 0 atom stereocenters. The number of primary amides is 1. The Labute approximate surface area is 111 Å². The van der Waals surface area contributed by atoms with Crippen molar-refractivity contribution in [3.63, 3.8) is 0 Å². The van der Waals surface area contributed by atoms with Crippen molar-refractivity contribution in [3.8, 4) is 11.5 Å². The van der Waals surface area contributed by atoms with Gasteiger partial charge in [0.05, 0.1) is 12.7 Å². The SMILES string of the molecule is COc1cc(OCc2cccnc2)ccc1C(N)=O. The van der Waals surface area contributed by atoms with Crippen LogP contribution in [0.2, 0.25) is 0 Å². The molecule has 0 saturated carbocycles. The lowest BCUT2D eigenvalue weighted by Crippen LogP contribution is -2.12. The van der Waals surface area contributed by atoms with E-state index in [2.05, 4.69) is 4.98 Å². The minimum Gasteiger partial charge on any atom is -0.496 e. The molecule has 1 aromatic heterocycles. The smallest absolute Gasteiger partial charge is 0.252 e. The minimum absolute atomic E-state index is 0.330. The molecule has 0 radical (unpaired) electrons. The van der Waals surface area contributed by atoms with Crippen LogP contribution >= 0.6 is 0 Å². The molecular weight excluding hydrogens is 244 g/mol. The third kappa shape index (κ3) is 3.22. The van der Waals surface area contributed by atoms with Gasteiger partial charge in [-0.3, -0.25) is 9.78 Å². The number of benzene rings is 1. The number of hydrogen-bond donors (Lipinski definition) is 1. The predicted octanol–water partition coefficient (Wildman–Crippen LogP) is 1.77. The van der Waals surface area contributed by atoms with Crippen LogP contribution in [0.1, 0.15) is 15.9 Å². The van der Waals surface area contributed by atoms with Crippen LogP contribution in [0, 0.1) is 0 Å². The summed E-state index contributed by atoms with van der Waals surface area (Å²) in [4.78, 5) is 15.2. The zero-order valence-electron chi connectivity index (χ0n) is 10.5. The molecule has 0 saturated heterocycles.